The Labute approximate surface area is 329 Å². The van der Waals surface area contributed by atoms with E-state index in [0.717, 1.165) is 26.5 Å². The van der Waals surface area contributed by atoms with Crippen LogP contribution in [0.1, 0.15) is 83.3 Å². The predicted octanol–water partition coefficient (Wildman–Crippen LogP) is 8.45. The van der Waals surface area contributed by atoms with E-state index in [1.165, 1.54) is 23.1 Å². The quantitative estimate of drug-likeness (QED) is 0.0739. The van der Waals surface area contributed by atoms with Gasteiger partial charge in [-0.15, -0.1) is 23.1 Å². The monoisotopic (exact) mass is 782 g/mol. The number of benzene rings is 3. The molecule has 1 aliphatic heterocycles. The van der Waals surface area contributed by atoms with Crippen molar-refractivity contribution in [3.8, 4) is 0 Å². The first kappa shape index (κ1) is 40.8. The fourth-order valence-corrected chi connectivity index (χ4v) is 7.96. The van der Waals surface area contributed by atoms with Gasteiger partial charge >= 0.3 is 12.1 Å². The third kappa shape index (κ3) is 11.1. The van der Waals surface area contributed by atoms with Crippen LogP contribution in [0.3, 0.4) is 0 Å². The van der Waals surface area contributed by atoms with E-state index in [-0.39, 0.29) is 24.8 Å². The predicted molar refractivity (Wildman–Crippen MR) is 217 cm³/mol. The Kier molecular flexibility index (Phi) is 13.6. The van der Waals surface area contributed by atoms with Crippen LogP contribution in [-0.2, 0) is 32.0 Å². The highest BCUT2D eigenvalue weighted by atomic mass is 32.2. The summed E-state index contributed by atoms with van der Waals surface area (Å²) in [6, 6.07) is 23.3. The van der Waals surface area contributed by atoms with Gasteiger partial charge in [-0.05, 0) is 95.0 Å². The van der Waals surface area contributed by atoms with Gasteiger partial charge in [-0.1, -0.05) is 61.0 Å². The number of carbonyl (C=O) groups is 5. The van der Waals surface area contributed by atoms with Gasteiger partial charge in [0.15, 0.2) is 0 Å². The molecule has 4 amide bonds. The Morgan fingerprint density at radius 3 is 2.35 bits per heavy atom. The van der Waals surface area contributed by atoms with Crippen LogP contribution in [0.15, 0.2) is 89.5 Å². The molecule has 2 heterocycles. The van der Waals surface area contributed by atoms with Gasteiger partial charge < -0.3 is 30.3 Å². The van der Waals surface area contributed by atoms with Crippen LogP contribution in [0.5, 0.6) is 0 Å². The number of thioether (sulfide) groups is 1. The third-order valence-corrected chi connectivity index (χ3v) is 10.9. The highest BCUT2D eigenvalue weighted by Gasteiger charge is 2.33. The van der Waals surface area contributed by atoms with Gasteiger partial charge in [0.25, 0.3) is 11.8 Å². The molecule has 3 N–H and O–H groups in total. The topological polar surface area (TPSA) is 143 Å². The van der Waals surface area contributed by atoms with Crippen molar-refractivity contribution in [2.24, 2.45) is 0 Å². The number of fused-ring (bicyclic) bond motifs is 1. The average Bonchev–Trinajstić information content (AvgIpc) is 3.51. The van der Waals surface area contributed by atoms with Crippen molar-refractivity contribution in [2.45, 2.75) is 76.7 Å². The number of esters is 1. The van der Waals surface area contributed by atoms with Crippen LogP contribution >= 0.6 is 23.1 Å². The van der Waals surface area contributed by atoms with Gasteiger partial charge in [-0.3, -0.25) is 14.4 Å². The summed E-state index contributed by atoms with van der Waals surface area (Å²) in [6.07, 6.45) is 2.06. The molecule has 0 saturated carbocycles. The first-order chi connectivity index (χ1) is 26.2. The summed E-state index contributed by atoms with van der Waals surface area (Å²) < 4.78 is 11.0. The molecule has 0 spiro atoms. The molecule has 0 fully saturated rings. The fourth-order valence-electron chi connectivity index (χ4n) is 5.69. The van der Waals surface area contributed by atoms with Crippen molar-refractivity contribution in [2.75, 3.05) is 23.8 Å². The number of hydrogen-bond donors (Lipinski definition) is 3. The van der Waals surface area contributed by atoms with Crippen molar-refractivity contribution >= 4 is 69.6 Å². The summed E-state index contributed by atoms with van der Waals surface area (Å²) in [4.78, 5) is 69.7. The van der Waals surface area contributed by atoms with Crippen molar-refractivity contribution in [3.63, 3.8) is 0 Å². The van der Waals surface area contributed by atoms with E-state index in [1.54, 1.807) is 60.4 Å². The van der Waals surface area contributed by atoms with E-state index in [1.807, 2.05) is 71.0 Å². The van der Waals surface area contributed by atoms with Crippen LogP contribution < -0.4 is 16.0 Å². The molecule has 11 nitrogen and oxygen atoms in total. The Hall–Kier alpha value is -5.40. The zero-order valence-corrected chi connectivity index (χ0v) is 33.5. The number of nitrogens with one attached hydrogen (secondary N) is 3. The maximum atomic E-state index is 13.8. The van der Waals surface area contributed by atoms with E-state index < -0.39 is 34.7 Å². The number of ether oxygens (including phenoxy) is 2. The summed E-state index contributed by atoms with van der Waals surface area (Å²) in [5.41, 5.74) is 3.17. The van der Waals surface area contributed by atoms with Gasteiger partial charge in [-0.2, -0.15) is 0 Å². The molecule has 1 aliphatic rings. The van der Waals surface area contributed by atoms with Gasteiger partial charge in [0, 0.05) is 27.6 Å². The summed E-state index contributed by atoms with van der Waals surface area (Å²) in [5, 5.41) is 8.46. The lowest BCUT2D eigenvalue weighted by Gasteiger charge is -2.30. The van der Waals surface area contributed by atoms with Crippen molar-refractivity contribution < 1.29 is 33.4 Å². The van der Waals surface area contributed by atoms with Crippen LogP contribution in [0.2, 0.25) is 0 Å². The molecule has 1 atom stereocenters. The normalized spacial score (nSPS) is 13.3. The lowest BCUT2D eigenvalue weighted by atomic mass is 10.0. The SMILES string of the molecule is CCOC(=O)c1c(NC(=O)C(CC)Sc2cccc(NC(=O)/C(=C\c3ccc(C)cc3)NC(=O)c3ccccc3)c2)sc2c1CCN(C(=O)OC(C)(C)C)C2. The van der Waals surface area contributed by atoms with E-state index >= 15 is 0 Å². The van der Waals surface area contributed by atoms with Crippen LogP contribution in [0, 0.1) is 6.92 Å². The third-order valence-electron chi connectivity index (χ3n) is 8.38. The molecule has 0 saturated heterocycles. The minimum Gasteiger partial charge on any atom is -0.462 e. The number of rotatable bonds is 12. The van der Waals surface area contributed by atoms with Gasteiger partial charge in [0.2, 0.25) is 5.91 Å². The van der Waals surface area contributed by atoms with Gasteiger partial charge in [0.1, 0.15) is 16.3 Å². The molecule has 4 aromatic rings. The maximum Gasteiger partial charge on any atom is 0.410 e. The maximum absolute atomic E-state index is 13.8. The van der Waals surface area contributed by atoms with Crippen molar-refractivity contribution in [1.82, 2.24) is 10.2 Å². The highest BCUT2D eigenvalue weighted by Crippen LogP contribution is 2.39. The molecule has 55 heavy (non-hydrogen) atoms. The van der Waals surface area contributed by atoms with Crippen molar-refractivity contribution in [3.05, 3.63) is 117 Å². The standard InChI is InChI=1S/C42H46N4O7S2/c1-7-33(38(49)45-39-35(40(50)52-8-2)31-21-22-46(25-34(31)55-39)41(51)53-42(4,5)6)54-30-16-12-15-29(24-30)43-37(48)32(23-27-19-17-26(3)18-20-27)44-36(47)28-13-10-9-11-14-28/h9-20,23-24,33H,7-8,21-22,25H2,1-6H3,(H,43,48)(H,44,47)(H,45,49)/b32-23+. The molecular weight excluding hydrogens is 737 g/mol. The van der Waals surface area contributed by atoms with E-state index in [0.29, 0.717) is 41.2 Å². The lowest BCUT2D eigenvalue weighted by Crippen LogP contribution is -2.39. The Morgan fingerprint density at radius 2 is 1.67 bits per heavy atom. The number of aryl methyl sites for hydroxylation is 1. The molecule has 1 aromatic heterocycles. The van der Waals surface area contributed by atoms with Crippen molar-refractivity contribution in [1.29, 1.82) is 0 Å². The molecular formula is C42H46N4O7S2. The Morgan fingerprint density at radius 1 is 0.945 bits per heavy atom. The lowest BCUT2D eigenvalue weighted by molar-refractivity contribution is -0.116. The molecule has 0 bridgehead atoms. The number of amides is 4. The fraction of sp³-hybridized carbons (Fsp3) is 0.310. The summed E-state index contributed by atoms with van der Waals surface area (Å²) >= 11 is 2.58. The molecule has 3 aromatic carbocycles. The molecule has 0 radical (unpaired) electrons. The number of nitrogens with zero attached hydrogens (tertiary/aromatic N) is 1. The minimum absolute atomic E-state index is 0.0619. The van der Waals surface area contributed by atoms with Crippen LogP contribution in [-0.4, -0.2) is 58.7 Å². The Bertz CT molecular complexity index is 2070. The molecule has 0 aliphatic carbocycles. The van der Waals surface area contributed by atoms with Crippen LogP contribution in [0.25, 0.3) is 6.08 Å². The number of hydrogen-bond acceptors (Lipinski definition) is 9. The zero-order valence-electron chi connectivity index (χ0n) is 31.8. The first-order valence-electron chi connectivity index (χ1n) is 18.1. The summed E-state index contributed by atoms with van der Waals surface area (Å²) in [7, 11) is 0. The second-order valence-corrected chi connectivity index (χ2v) is 16.2. The van der Waals surface area contributed by atoms with Gasteiger partial charge in [-0.25, -0.2) is 9.59 Å². The van der Waals surface area contributed by atoms with E-state index in [9.17, 15) is 24.0 Å². The van der Waals surface area contributed by atoms with E-state index in [4.69, 9.17) is 9.47 Å². The first-order valence-corrected chi connectivity index (χ1v) is 19.8. The minimum atomic E-state index is -0.651. The number of anilines is 2. The zero-order chi connectivity index (χ0) is 39.7. The molecule has 5 rings (SSSR count). The van der Waals surface area contributed by atoms with E-state index in [2.05, 4.69) is 16.0 Å². The van der Waals surface area contributed by atoms with Crippen LogP contribution in [0.4, 0.5) is 15.5 Å². The molecule has 1 unspecified atom stereocenters. The Balaban J connectivity index is 1.31. The smallest absolute Gasteiger partial charge is 0.410 e. The largest absolute Gasteiger partial charge is 0.462 e. The average molecular weight is 783 g/mol. The summed E-state index contributed by atoms with van der Waals surface area (Å²) in [6.45, 7) is 11.8. The number of carbonyl (C=O) groups excluding carboxylic acids is 5. The molecule has 288 valence electrons. The van der Waals surface area contributed by atoms with Gasteiger partial charge in [0.05, 0.1) is 24.0 Å². The number of thiophene rings is 1. The second-order valence-electron chi connectivity index (χ2n) is 13.9. The second kappa shape index (κ2) is 18.3. The summed E-state index contributed by atoms with van der Waals surface area (Å²) in [5.74, 6) is -1.77. The highest BCUT2D eigenvalue weighted by molar-refractivity contribution is 8.00. The molecule has 13 heteroatoms.